The van der Waals surface area contributed by atoms with E-state index in [1.165, 1.54) is 23.1 Å². The summed E-state index contributed by atoms with van der Waals surface area (Å²) in [6.45, 7) is 0. The predicted octanol–water partition coefficient (Wildman–Crippen LogP) is 1.61. The molecule has 0 spiro atoms. The first-order valence-electron chi connectivity index (χ1n) is 5.63. The molecule has 0 aromatic carbocycles. The number of nitrogens with zero attached hydrogens (tertiary/aromatic N) is 5. The molecular formula is C12H9N5O2S. The SMILES string of the molecule is COc1ccc(-n2nc(C=O)cc2-c2cscn2)nn1. The summed E-state index contributed by atoms with van der Waals surface area (Å²) in [5.74, 6) is 0.897. The fraction of sp³-hybridized carbons (Fsp3) is 0.0833. The summed E-state index contributed by atoms with van der Waals surface area (Å²) in [5, 5.41) is 14.0. The van der Waals surface area contributed by atoms with Crippen LogP contribution in [0.4, 0.5) is 0 Å². The average Bonchev–Trinajstić information content (AvgIpc) is 3.16. The van der Waals surface area contributed by atoms with Gasteiger partial charge in [0, 0.05) is 11.4 Å². The molecular weight excluding hydrogens is 278 g/mol. The second-order valence-corrected chi connectivity index (χ2v) is 4.51. The van der Waals surface area contributed by atoms with Gasteiger partial charge in [-0.15, -0.1) is 21.5 Å². The van der Waals surface area contributed by atoms with Gasteiger partial charge in [0.25, 0.3) is 0 Å². The van der Waals surface area contributed by atoms with Crippen molar-refractivity contribution in [2.24, 2.45) is 0 Å². The van der Waals surface area contributed by atoms with E-state index in [0.717, 1.165) is 5.69 Å². The lowest BCUT2D eigenvalue weighted by molar-refractivity contribution is 0.111. The maximum absolute atomic E-state index is 10.9. The van der Waals surface area contributed by atoms with Gasteiger partial charge in [0.05, 0.1) is 24.0 Å². The molecule has 0 aliphatic heterocycles. The number of aromatic nitrogens is 5. The van der Waals surface area contributed by atoms with Crippen molar-refractivity contribution in [2.75, 3.05) is 7.11 Å². The lowest BCUT2D eigenvalue weighted by atomic mass is 10.3. The second kappa shape index (κ2) is 5.17. The summed E-state index contributed by atoms with van der Waals surface area (Å²) < 4.78 is 6.50. The van der Waals surface area contributed by atoms with Crippen LogP contribution in [0.15, 0.2) is 29.1 Å². The number of carbonyl (C=O) groups excluding carboxylic acids is 1. The van der Waals surface area contributed by atoms with E-state index < -0.39 is 0 Å². The first-order chi connectivity index (χ1) is 9.81. The Morgan fingerprint density at radius 1 is 1.35 bits per heavy atom. The van der Waals surface area contributed by atoms with E-state index in [0.29, 0.717) is 29.4 Å². The second-order valence-electron chi connectivity index (χ2n) is 3.79. The molecule has 3 heterocycles. The number of hydrogen-bond acceptors (Lipinski definition) is 7. The highest BCUT2D eigenvalue weighted by Crippen LogP contribution is 2.22. The molecule has 20 heavy (non-hydrogen) atoms. The Labute approximate surface area is 117 Å². The molecule has 0 N–H and O–H groups in total. The number of hydrogen-bond donors (Lipinski definition) is 0. The number of thiazole rings is 1. The molecule has 0 amide bonds. The number of rotatable bonds is 4. The molecule has 3 aromatic rings. The average molecular weight is 287 g/mol. The first-order valence-corrected chi connectivity index (χ1v) is 6.58. The van der Waals surface area contributed by atoms with Crippen LogP contribution in [0.5, 0.6) is 5.88 Å². The van der Waals surface area contributed by atoms with Gasteiger partial charge in [-0.1, -0.05) is 0 Å². The van der Waals surface area contributed by atoms with Crippen LogP contribution >= 0.6 is 11.3 Å². The third kappa shape index (κ3) is 2.16. The van der Waals surface area contributed by atoms with Crippen LogP contribution < -0.4 is 4.74 Å². The summed E-state index contributed by atoms with van der Waals surface area (Å²) in [4.78, 5) is 15.1. The van der Waals surface area contributed by atoms with Crippen LogP contribution in [0.1, 0.15) is 10.5 Å². The van der Waals surface area contributed by atoms with E-state index in [-0.39, 0.29) is 0 Å². The molecule has 7 nitrogen and oxygen atoms in total. The van der Waals surface area contributed by atoms with Crippen LogP contribution in [-0.4, -0.2) is 38.4 Å². The van der Waals surface area contributed by atoms with Gasteiger partial charge in [-0.3, -0.25) is 4.79 Å². The molecule has 0 saturated heterocycles. The van der Waals surface area contributed by atoms with Gasteiger partial charge >= 0.3 is 0 Å². The minimum Gasteiger partial charge on any atom is -0.480 e. The van der Waals surface area contributed by atoms with Crippen molar-refractivity contribution in [1.82, 2.24) is 25.0 Å². The van der Waals surface area contributed by atoms with Crippen molar-refractivity contribution in [3.8, 4) is 23.1 Å². The third-order valence-corrected chi connectivity index (χ3v) is 3.18. The number of methoxy groups -OCH3 is 1. The Morgan fingerprint density at radius 3 is 2.85 bits per heavy atom. The Bertz CT molecular complexity index is 721. The van der Waals surface area contributed by atoms with Crippen LogP contribution in [0, 0.1) is 0 Å². The Hall–Kier alpha value is -2.61. The third-order valence-electron chi connectivity index (χ3n) is 2.60. The van der Waals surface area contributed by atoms with E-state index >= 15 is 0 Å². The van der Waals surface area contributed by atoms with E-state index in [9.17, 15) is 4.79 Å². The zero-order chi connectivity index (χ0) is 13.9. The summed E-state index contributed by atoms with van der Waals surface area (Å²) in [6.07, 6.45) is 0.684. The maximum atomic E-state index is 10.9. The van der Waals surface area contributed by atoms with E-state index in [4.69, 9.17) is 4.74 Å². The minimum atomic E-state index is 0.311. The van der Waals surface area contributed by atoms with Gasteiger partial charge in [-0.05, 0) is 12.1 Å². The van der Waals surface area contributed by atoms with Crippen LogP contribution in [0.2, 0.25) is 0 Å². The monoisotopic (exact) mass is 287 g/mol. The lowest BCUT2D eigenvalue weighted by Gasteiger charge is -2.04. The molecule has 3 rings (SSSR count). The minimum absolute atomic E-state index is 0.311. The van der Waals surface area contributed by atoms with Crippen LogP contribution in [-0.2, 0) is 0 Å². The Balaban J connectivity index is 2.11. The van der Waals surface area contributed by atoms with Crippen molar-refractivity contribution < 1.29 is 9.53 Å². The molecule has 0 aliphatic carbocycles. The number of carbonyl (C=O) groups is 1. The van der Waals surface area contributed by atoms with Gasteiger partial charge in [-0.25, -0.2) is 9.67 Å². The molecule has 0 bridgehead atoms. The topological polar surface area (TPSA) is 82.8 Å². The van der Waals surface area contributed by atoms with E-state index in [2.05, 4.69) is 20.3 Å². The van der Waals surface area contributed by atoms with Gasteiger partial charge in [0.1, 0.15) is 5.69 Å². The molecule has 0 saturated carbocycles. The smallest absolute Gasteiger partial charge is 0.233 e. The summed E-state index contributed by atoms with van der Waals surface area (Å²) in [5.41, 5.74) is 3.44. The van der Waals surface area contributed by atoms with Gasteiger partial charge in [0.15, 0.2) is 12.1 Å². The quantitative estimate of drug-likeness (QED) is 0.678. The molecule has 0 aliphatic rings. The van der Waals surface area contributed by atoms with Crippen LogP contribution in [0.25, 0.3) is 17.2 Å². The molecule has 0 unspecified atom stereocenters. The molecule has 3 aromatic heterocycles. The molecule has 100 valence electrons. The largest absolute Gasteiger partial charge is 0.480 e. The fourth-order valence-corrected chi connectivity index (χ4v) is 2.23. The summed E-state index contributed by atoms with van der Waals surface area (Å²) in [7, 11) is 1.52. The predicted molar refractivity (Wildman–Crippen MR) is 72.2 cm³/mol. The van der Waals surface area contributed by atoms with Gasteiger partial charge in [-0.2, -0.15) is 5.10 Å². The van der Waals surface area contributed by atoms with Gasteiger partial charge < -0.3 is 4.74 Å². The molecule has 0 fully saturated rings. The molecule has 0 radical (unpaired) electrons. The van der Waals surface area contributed by atoms with Crippen molar-refractivity contribution >= 4 is 17.6 Å². The first kappa shape index (κ1) is 12.4. The number of aldehydes is 1. The van der Waals surface area contributed by atoms with Crippen molar-refractivity contribution in [2.45, 2.75) is 0 Å². The highest BCUT2D eigenvalue weighted by molar-refractivity contribution is 7.07. The highest BCUT2D eigenvalue weighted by Gasteiger charge is 2.14. The summed E-state index contributed by atoms with van der Waals surface area (Å²) >= 11 is 1.46. The normalized spacial score (nSPS) is 10.4. The van der Waals surface area contributed by atoms with Gasteiger partial charge in [0.2, 0.25) is 5.88 Å². The summed E-state index contributed by atoms with van der Waals surface area (Å²) in [6, 6.07) is 5.05. The Kier molecular flexibility index (Phi) is 3.21. The highest BCUT2D eigenvalue weighted by atomic mass is 32.1. The lowest BCUT2D eigenvalue weighted by Crippen LogP contribution is -2.04. The van der Waals surface area contributed by atoms with E-state index in [1.807, 2.05) is 5.38 Å². The van der Waals surface area contributed by atoms with Crippen molar-refractivity contribution in [1.29, 1.82) is 0 Å². The molecule has 8 heteroatoms. The zero-order valence-electron chi connectivity index (χ0n) is 10.4. The molecule has 0 atom stereocenters. The fourth-order valence-electron chi connectivity index (χ4n) is 1.69. The standard InChI is InChI=1S/C12H9N5O2S/c1-19-12-3-2-11(14-15-12)17-10(4-8(5-18)16-17)9-6-20-7-13-9/h2-7H,1H3. The van der Waals surface area contributed by atoms with Crippen LogP contribution in [0.3, 0.4) is 0 Å². The van der Waals surface area contributed by atoms with E-state index in [1.54, 1.807) is 23.7 Å². The van der Waals surface area contributed by atoms with Crippen molar-refractivity contribution in [3.63, 3.8) is 0 Å². The van der Waals surface area contributed by atoms with Crippen molar-refractivity contribution in [3.05, 3.63) is 34.8 Å². The maximum Gasteiger partial charge on any atom is 0.233 e. The Morgan fingerprint density at radius 2 is 2.25 bits per heavy atom. The number of ether oxygens (including phenoxy) is 1. The zero-order valence-corrected chi connectivity index (χ0v) is 11.2.